The molecule has 28 heavy (non-hydrogen) atoms. The van der Waals surface area contributed by atoms with E-state index in [1.807, 2.05) is 6.07 Å². The van der Waals surface area contributed by atoms with Gasteiger partial charge in [0.15, 0.2) is 11.5 Å². The Balaban J connectivity index is 1.46. The van der Waals surface area contributed by atoms with Crippen molar-refractivity contribution in [2.45, 2.75) is 39.0 Å². The van der Waals surface area contributed by atoms with Crippen molar-refractivity contribution in [2.75, 3.05) is 27.3 Å². The molecule has 3 heterocycles. The fourth-order valence-corrected chi connectivity index (χ4v) is 3.98. The Kier molecular flexibility index (Phi) is 5.36. The number of nitrogens with zero attached hydrogens (tertiary/aromatic N) is 4. The van der Waals surface area contributed by atoms with Crippen molar-refractivity contribution in [3.63, 3.8) is 0 Å². The van der Waals surface area contributed by atoms with Crippen molar-refractivity contribution in [2.24, 2.45) is 0 Å². The molecule has 0 bridgehead atoms. The second-order valence-electron chi connectivity index (χ2n) is 7.10. The van der Waals surface area contributed by atoms with Crippen LogP contribution in [-0.4, -0.2) is 52.8 Å². The van der Waals surface area contributed by atoms with Crippen LogP contribution in [0.5, 0.6) is 11.5 Å². The minimum absolute atomic E-state index is 0.146. The first kappa shape index (κ1) is 18.9. The van der Waals surface area contributed by atoms with E-state index in [1.54, 1.807) is 23.8 Å². The third kappa shape index (κ3) is 3.77. The maximum Gasteiger partial charge on any atom is 0.288 e. The molecule has 1 saturated heterocycles. The predicted octanol–water partition coefficient (Wildman–Crippen LogP) is 2.36. The molecule has 2 aromatic rings. The normalized spacial score (nSPS) is 17.1. The lowest BCUT2D eigenvalue weighted by Gasteiger charge is -2.29. The van der Waals surface area contributed by atoms with Crippen molar-refractivity contribution in [1.29, 1.82) is 0 Å². The van der Waals surface area contributed by atoms with Crippen LogP contribution in [0.4, 0.5) is 0 Å². The average Bonchev–Trinajstić information content (AvgIpc) is 3.25. The molecule has 2 aliphatic rings. The summed E-state index contributed by atoms with van der Waals surface area (Å²) in [5.41, 5.74) is 2.48. The van der Waals surface area contributed by atoms with E-state index < -0.39 is 0 Å². The number of hydrogen-bond acceptors (Lipinski definition) is 7. The van der Waals surface area contributed by atoms with Gasteiger partial charge >= 0.3 is 0 Å². The van der Waals surface area contributed by atoms with Crippen LogP contribution in [0.2, 0.25) is 0 Å². The monoisotopic (exact) mass is 404 g/mol. The van der Waals surface area contributed by atoms with Crippen LogP contribution in [0.1, 0.15) is 29.9 Å². The summed E-state index contributed by atoms with van der Waals surface area (Å²) in [7, 11) is 3.30. The largest absolute Gasteiger partial charge is 0.493 e. The molecule has 0 aliphatic carbocycles. The number of carbonyl (C=O) groups is 1. The highest BCUT2D eigenvalue weighted by Crippen LogP contribution is 2.33. The highest BCUT2D eigenvalue weighted by atomic mass is 32.1. The van der Waals surface area contributed by atoms with Crippen LogP contribution in [-0.2, 0) is 31.0 Å². The summed E-state index contributed by atoms with van der Waals surface area (Å²) in [5.74, 6) is 2.13. The van der Waals surface area contributed by atoms with Crippen LogP contribution in [0.15, 0.2) is 16.5 Å². The second kappa shape index (κ2) is 7.92. The molecular weight excluding hydrogens is 380 g/mol. The van der Waals surface area contributed by atoms with E-state index in [1.165, 1.54) is 11.1 Å². The predicted molar refractivity (Wildman–Crippen MR) is 104 cm³/mol. The Bertz CT molecular complexity index is 939. The molecule has 4 rings (SSSR count). The van der Waals surface area contributed by atoms with E-state index in [4.69, 9.17) is 26.1 Å². The highest BCUT2D eigenvalue weighted by Gasteiger charge is 2.24. The van der Waals surface area contributed by atoms with E-state index >= 15 is 0 Å². The smallest absolute Gasteiger partial charge is 0.288 e. The molecule has 1 amide bonds. The number of fused-ring (bicyclic) bond motifs is 1. The molecule has 1 aromatic carbocycles. The number of methoxy groups -OCH3 is 2. The van der Waals surface area contributed by atoms with Crippen LogP contribution in [0, 0.1) is 4.84 Å². The van der Waals surface area contributed by atoms with E-state index in [0.717, 1.165) is 44.0 Å². The second-order valence-corrected chi connectivity index (χ2v) is 7.45. The summed E-state index contributed by atoms with van der Waals surface area (Å²) in [5, 5.41) is 4.48. The minimum atomic E-state index is 0.146. The van der Waals surface area contributed by atoms with Gasteiger partial charge < -0.3 is 18.8 Å². The zero-order valence-electron chi connectivity index (χ0n) is 16.1. The van der Waals surface area contributed by atoms with Crippen molar-refractivity contribution in [1.82, 2.24) is 19.6 Å². The Labute approximate surface area is 168 Å². The first-order chi connectivity index (χ1) is 13.6. The highest BCUT2D eigenvalue weighted by molar-refractivity contribution is 7.71. The van der Waals surface area contributed by atoms with Gasteiger partial charge in [0.2, 0.25) is 11.8 Å². The van der Waals surface area contributed by atoms with Crippen molar-refractivity contribution < 1.29 is 18.7 Å². The van der Waals surface area contributed by atoms with E-state index in [0.29, 0.717) is 30.4 Å². The van der Waals surface area contributed by atoms with Crippen LogP contribution in [0.25, 0.3) is 0 Å². The summed E-state index contributed by atoms with van der Waals surface area (Å²) in [6.07, 6.45) is 2.40. The molecule has 150 valence electrons. The zero-order valence-corrected chi connectivity index (χ0v) is 17.0. The van der Waals surface area contributed by atoms with E-state index in [-0.39, 0.29) is 5.91 Å². The topological polar surface area (TPSA) is 73.0 Å². The van der Waals surface area contributed by atoms with Crippen molar-refractivity contribution in [3.8, 4) is 11.5 Å². The Morgan fingerprint density at radius 1 is 1.14 bits per heavy atom. The van der Waals surface area contributed by atoms with Gasteiger partial charge in [-0.1, -0.05) is 0 Å². The number of amides is 1. The summed E-state index contributed by atoms with van der Waals surface area (Å²) in [4.78, 5) is 16.2. The number of likely N-dealkylation sites (tertiary alicyclic amines) is 1. The number of hydrogen-bond donors (Lipinski definition) is 0. The van der Waals surface area contributed by atoms with Gasteiger partial charge in [-0.15, -0.1) is 5.10 Å². The van der Waals surface area contributed by atoms with Gasteiger partial charge in [0, 0.05) is 26.1 Å². The quantitative estimate of drug-likeness (QED) is 0.685. The molecule has 8 nitrogen and oxygen atoms in total. The zero-order chi connectivity index (χ0) is 19.7. The van der Waals surface area contributed by atoms with Crippen LogP contribution in [0.3, 0.4) is 0 Å². The summed E-state index contributed by atoms with van der Waals surface area (Å²) >= 11 is 5.33. The van der Waals surface area contributed by atoms with Gasteiger partial charge in [-0.3, -0.25) is 9.69 Å². The summed E-state index contributed by atoms with van der Waals surface area (Å²) in [6, 6.07) is 4.09. The lowest BCUT2D eigenvalue weighted by Crippen LogP contribution is -2.33. The van der Waals surface area contributed by atoms with Gasteiger partial charge in [0.25, 0.3) is 4.84 Å². The molecule has 0 radical (unpaired) electrons. The maximum absolute atomic E-state index is 11.8. The number of rotatable bonds is 6. The molecule has 0 spiro atoms. The summed E-state index contributed by atoms with van der Waals surface area (Å²) in [6.45, 7) is 3.34. The molecule has 9 heteroatoms. The number of benzene rings is 1. The van der Waals surface area contributed by atoms with E-state index in [2.05, 4.69) is 16.1 Å². The Morgan fingerprint density at radius 3 is 2.57 bits per heavy atom. The molecule has 0 N–H and O–H groups in total. The third-order valence-electron chi connectivity index (χ3n) is 5.28. The van der Waals surface area contributed by atoms with Gasteiger partial charge in [-0.2, -0.15) is 0 Å². The van der Waals surface area contributed by atoms with Gasteiger partial charge in [0.05, 0.1) is 27.4 Å². The van der Waals surface area contributed by atoms with Crippen LogP contribution < -0.4 is 9.47 Å². The number of ether oxygens (including phenoxy) is 2. The van der Waals surface area contributed by atoms with Crippen molar-refractivity contribution in [3.05, 3.63) is 34.0 Å². The first-order valence-electron chi connectivity index (χ1n) is 9.38. The molecule has 2 aliphatic heterocycles. The molecule has 0 unspecified atom stereocenters. The minimum Gasteiger partial charge on any atom is -0.493 e. The fourth-order valence-electron chi connectivity index (χ4n) is 3.79. The molecular formula is C19H24N4O4S. The van der Waals surface area contributed by atoms with Gasteiger partial charge in [-0.25, -0.2) is 4.68 Å². The van der Waals surface area contributed by atoms with Gasteiger partial charge in [-0.05, 0) is 48.3 Å². The average molecular weight is 404 g/mol. The molecule has 0 saturated carbocycles. The lowest BCUT2D eigenvalue weighted by molar-refractivity contribution is -0.128. The third-order valence-corrected chi connectivity index (χ3v) is 5.57. The maximum atomic E-state index is 11.8. The van der Waals surface area contributed by atoms with Gasteiger partial charge in [0.1, 0.15) is 0 Å². The van der Waals surface area contributed by atoms with E-state index in [9.17, 15) is 4.79 Å². The molecule has 1 fully saturated rings. The number of carbonyl (C=O) groups excluding carboxylic acids is 1. The van der Waals surface area contributed by atoms with Crippen LogP contribution >= 0.6 is 12.2 Å². The fraction of sp³-hybridized carbons (Fsp3) is 0.526. The lowest BCUT2D eigenvalue weighted by atomic mass is 9.99. The molecule has 1 aromatic heterocycles. The SMILES string of the molecule is COc1cc2c(cc1OC)CN(Cn1nc(CN3CCCC3=O)oc1=S)CC2. The Morgan fingerprint density at radius 2 is 1.89 bits per heavy atom. The first-order valence-corrected chi connectivity index (χ1v) is 9.79. The Hall–Kier alpha value is -2.39. The molecule has 0 atom stereocenters. The number of aromatic nitrogens is 2. The van der Waals surface area contributed by atoms with Crippen molar-refractivity contribution >= 4 is 18.1 Å². The standard InChI is InChI=1S/C19H24N4O4S/c1-25-15-8-13-5-7-21(10-14(13)9-16(15)26-2)12-23-19(28)27-17(20-23)11-22-6-3-4-18(22)24/h8-9H,3-7,10-12H2,1-2H3. The summed E-state index contributed by atoms with van der Waals surface area (Å²) < 4.78 is 18.1.